The van der Waals surface area contributed by atoms with E-state index < -0.39 is 23.7 Å². The summed E-state index contributed by atoms with van der Waals surface area (Å²) < 4.78 is 17.9. The van der Waals surface area contributed by atoms with Crippen LogP contribution in [0.5, 0.6) is 17.2 Å². The second-order valence-corrected chi connectivity index (χ2v) is 10.3. The third-order valence-electron chi connectivity index (χ3n) is 7.09. The van der Waals surface area contributed by atoms with Gasteiger partial charge in [-0.15, -0.1) is 0 Å². The van der Waals surface area contributed by atoms with Crippen LogP contribution >= 0.6 is 0 Å². The molecule has 1 aromatic heterocycles. The van der Waals surface area contributed by atoms with Gasteiger partial charge in [-0.25, -0.2) is 4.79 Å². The number of aromatic amines is 2. The summed E-state index contributed by atoms with van der Waals surface area (Å²) in [6.07, 6.45) is 2.98. The number of ether oxygens (including phenoxy) is 3. The first kappa shape index (κ1) is 25.5. The van der Waals surface area contributed by atoms with Gasteiger partial charge >= 0.3 is 5.69 Å². The highest BCUT2D eigenvalue weighted by Gasteiger charge is 2.39. The molecule has 4 heterocycles. The number of carbonyl (C=O) groups is 3. The minimum Gasteiger partial charge on any atom is -0.493 e. The van der Waals surface area contributed by atoms with Gasteiger partial charge in [0.05, 0.1) is 19.2 Å². The molecule has 208 valence electrons. The molecule has 2 atom stereocenters. The van der Waals surface area contributed by atoms with E-state index in [-0.39, 0.29) is 42.8 Å². The number of rotatable bonds is 4. The summed E-state index contributed by atoms with van der Waals surface area (Å²) in [4.78, 5) is 57.0. The van der Waals surface area contributed by atoms with Crippen LogP contribution in [0.3, 0.4) is 0 Å². The van der Waals surface area contributed by atoms with Gasteiger partial charge in [-0.1, -0.05) is 12.1 Å². The minimum atomic E-state index is -0.565. The quantitative estimate of drug-likeness (QED) is 0.383. The SMILES string of the molecule is O=C1COc2cc(OCC3CC3)cc(c2)C(=O)N[C@H]2CN(C(=O)c3c[nH]c(=O)[nH]3)C[C@@H]2Oc2ccc(cc2)CN1. The minimum absolute atomic E-state index is 0.124. The first-order valence-corrected chi connectivity index (χ1v) is 13.2. The van der Waals surface area contributed by atoms with Gasteiger partial charge in [-0.05, 0) is 48.6 Å². The van der Waals surface area contributed by atoms with Crippen molar-refractivity contribution < 1.29 is 28.6 Å². The second-order valence-electron chi connectivity index (χ2n) is 10.3. The van der Waals surface area contributed by atoms with Gasteiger partial charge in [-0.2, -0.15) is 0 Å². The Bertz CT molecular complexity index is 1480. The van der Waals surface area contributed by atoms with Crippen molar-refractivity contribution in [1.29, 1.82) is 0 Å². The third-order valence-corrected chi connectivity index (χ3v) is 7.09. The number of benzene rings is 2. The zero-order valence-electron chi connectivity index (χ0n) is 21.6. The largest absolute Gasteiger partial charge is 0.493 e. The Morgan fingerprint density at radius 2 is 1.85 bits per heavy atom. The van der Waals surface area contributed by atoms with Crippen molar-refractivity contribution in [2.45, 2.75) is 31.5 Å². The number of nitrogens with one attached hydrogen (secondary N) is 4. The van der Waals surface area contributed by atoms with Crippen LogP contribution in [0.15, 0.2) is 53.5 Å². The van der Waals surface area contributed by atoms with E-state index in [1.54, 1.807) is 30.3 Å². The maximum Gasteiger partial charge on any atom is 0.323 e. The molecule has 1 saturated heterocycles. The van der Waals surface area contributed by atoms with Crippen LogP contribution in [0.1, 0.15) is 39.3 Å². The fraction of sp³-hybridized carbons (Fsp3) is 0.357. The predicted octanol–water partition coefficient (Wildman–Crippen LogP) is 1.20. The van der Waals surface area contributed by atoms with Gasteiger partial charge in [-0.3, -0.25) is 14.4 Å². The molecule has 0 radical (unpaired) electrons. The molecule has 1 aliphatic carbocycles. The van der Waals surface area contributed by atoms with Gasteiger partial charge < -0.3 is 39.7 Å². The van der Waals surface area contributed by atoms with E-state index >= 15 is 0 Å². The standard InChI is InChI=1S/C28H29N5O7/c34-25-15-39-21-8-18(7-20(9-21)38-14-17-1-2-17)26(35)31-23-12-33(27(36)22-11-30-28(37)32-22)13-24(23)40-19-5-3-16(4-6-19)10-29-25/h3-9,11,17,23-24H,1-2,10,12-15H2,(H,29,34)(H,31,35)(H2,30,32,37)/t23-,24-/m0/s1. The number of hydrogen-bond donors (Lipinski definition) is 4. The first-order chi connectivity index (χ1) is 19.4. The smallest absolute Gasteiger partial charge is 0.323 e. The predicted molar refractivity (Wildman–Crippen MR) is 141 cm³/mol. The maximum atomic E-state index is 13.5. The van der Waals surface area contributed by atoms with Crippen molar-refractivity contribution in [3.63, 3.8) is 0 Å². The number of hydrogen-bond acceptors (Lipinski definition) is 7. The molecule has 40 heavy (non-hydrogen) atoms. The lowest BCUT2D eigenvalue weighted by Gasteiger charge is -2.21. The normalized spacial score (nSPS) is 20.9. The highest BCUT2D eigenvalue weighted by Crippen LogP contribution is 2.31. The average Bonchev–Trinajstić information content (AvgIpc) is 3.56. The number of likely N-dealkylation sites (tertiary alicyclic amines) is 1. The molecule has 4 bridgehead atoms. The number of nitrogens with zero attached hydrogens (tertiary/aromatic N) is 1. The Balaban J connectivity index is 1.29. The van der Waals surface area contributed by atoms with E-state index in [0.717, 1.165) is 18.4 Å². The topological polar surface area (TPSA) is 155 Å². The van der Waals surface area contributed by atoms with Crippen molar-refractivity contribution in [3.8, 4) is 17.2 Å². The molecule has 3 amide bonds. The van der Waals surface area contributed by atoms with Crippen LogP contribution in [0.25, 0.3) is 0 Å². The van der Waals surface area contributed by atoms with Crippen LogP contribution in [-0.2, 0) is 11.3 Å². The van der Waals surface area contributed by atoms with E-state index in [4.69, 9.17) is 14.2 Å². The molecular formula is C28H29N5O7. The van der Waals surface area contributed by atoms with Gasteiger partial charge in [0.1, 0.15) is 29.0 Å². The number of H-pyrrole nitrogens is 2. The summed E-state index contributed by atoms with van der Waals surface area (Å²) in [6.45, 7) is 0.978. The summed E-state index contributed by atoms with van der Waals surface area (Å²) in [5.41, 5.74) is 0.799. The fourth-order valence-electron chi connectivity index (χ4n) is 4.70. The lowest BCUT2D eigenvalue weighted by molar-refractivity contribution is -0.123. The summed E-state index contributed by atoms with van der Waals surface area (Å²) in [7, 11) is 0. The molecule has 4 N–H and O–H groups in total. The zero-order chi connectivity index (χ0) is 27.6. The molecule has 2 fully saturated rings. The summed E-state index contributed by atoms with van der Waals surface area (Å²) in [5, 5.41) is 5.82. The van der Waals surface area contributed by atoms with Crippen LogP contribution in [0, 0.1) is 5.92 Å². The molecule has 12 heteroatoms. The Hall–Kier alpha value is -4.74. The molecule has 3 aliphatic heterocycles. The summed E-state index contributed by atoms with van der Waals surface area (Å²) in [5.74, 6) is 0.755. The Morgan fingerprint density at radius 1 is 1.02 bits per heavy atom. The maximum absolute atomic E-state index is 13.5. The number of fused-ring (bicyclic) bond motifs is 7. The van der Waals surface area contributed by atoms with Crippen molar-refractivity contribution in [3.05, 3.63) is 76.0 Å². The monoisotopic (exact) mass is 547 g/mol. The van der Waals surface area contributed by atoms with Crippen molar-refractivity contribution in [1.82, 2.24) is 25.5 Å². The number of amides is 3. The summed E-state index contributed by atoms with van der Waals surface area (Å²) >= 11 is 0. The molecule has 4 aliphatic rings. The van der Waals surface area contributed by atoms with E-state index in [1.165, 1.54) is 11.1 Å². The second kappa shape index (κ2) is 10.8. The van der Waals surface area contributed by atoms with Crippen LogP contribution in [0.2, 0.25) is 0 Å². The fourth-order valence-corrected chi connectivity index (χ4v) is 4.70. The van der Waals surface area contributed by atoms with Crippen LogP contribution in [0.4, 0.5) is 0 Å². The van der Waals surface area contributed by atoms with Gasteiger partial charge in [0.25, 0.3) is 17.7 Å². The molecular weight excluding hydrogens is 518 g/mol. The zero-order valence-corrected chi connectivity index (χ0v) is 21.6. The average molecular weight is 548 g/mol. The van der Waals surface area contributed by atoms with Crippen LogP contribution in [-0.4, -0.2) is 71.0 Å². The van der Waals surface area contributed by atoms with Crippen LogP contribution < -0.4 is 30.5 Å². The lowest BCUT2D eigenvalue weighted by atomic mass is 10.1. The van der Waals surface area contributed by atoms with Gasteiger partial charge in [0.2, 0.25) is 0 Å². The number of aromatic nitrogens is 2. The molecule has 1 saturated carbocycles. The Kier molecular flexibility index (Phi) is 6.89. The third kappa shape index (κ3) is 5.95. The molecule has 12 nitrogen and oxygen atoms in total. The molecule has 0 unspecified atom stereocenters. The summed E-state index contributed by atoms with van der Waals surface area (Å²) in [6, 6.07) is 11.5. The van der Waals surface area contributed by atoms with E-state index in [9.17, 15) is 19.2 Å². The highest BCUT2D eigenvalue weighted by atomic mass is 16.5. The molecule has 0 spiro atoms. The molecule has 3 aromatic rings. The van der Waals surface area contributed by atoms with Gasteiger partial charge in [0, 0.05) is 30.9 Å². The molecule has 7 rings (SSSR count). The van der Waals surface area contributed by atoms with Crippen molar-refractivity contribution in [2.24, 2.45) is 5.92 Å². The van der Waals surface area contributed by atoms with E-state index in [1.807, 2.05) is 12.1 Å². The number of carbonyl (C=O) groups excluding carboxylic acids is 3. The van der Waals surface area contributed by atoms with Gasteiger partial charge in [0.15, 0.2) is 6.61 Å². The Labute approximate surface area is 229 Å². The highest BCUT2D eigenvalue weighted by molar-refractivity contribution is 5.96. The Morgan fingerprint density at radius 3 is 2.60 bits per heavy atom. The van der Waals surface area contributed by atoms with Crippen molar-refractivity contribution >= 4 is 17.7 Å². The molecule has 2 aromatic carbocycles. The number of imidazole rings is 1. The van der Waals surface area contributed by atoms with E-state index in [2.05, 4.69) is 20.6 Å². The van der Waals surface area contributed by atoms with Crippen molar-refractivity contribution in [2.75, 3.05) is 26.3 Å². The first-order valence-electron chi connectivity index (χ1n) is 13.2. The van der Waals surface area contributed by atoms with E-state index in [0.29, 0.717) is 36.3 Å². The lowest BCUT2D eigenvalue weighted by Crippen LogP contribution is -2.45.